The molecule has 1 aromatic heterocycles. The first kappa shape index (κ1) is 13.5. The minimum absolute atomic E-state index is 0. The maximum absolute atomic E-state index is 5.49. The van der Waals surface area contributed by atoms with Gasteiger partial charge in [-0.1, -0.05) is 30.3 Å². The SMILES string of the molecule is I.NC(N)=NCc1ncc(-c2ccccc2)o1. The van der Waals surface area contributed by atoms with Crippen LogP contribution in [-0.4, -0.2) is 10.9 Å². The van der Waals surface area contributed by atoms with E-state index in [2.05, 4.69) is 9.98 Å². The summed E-state index contributed by atoms with van der Waals surface area (Å²) in [4.78, 5) is 7.90. The number of nitrogens with zero attached hydrogens (tertiary/aromatic N) is 2. The van der Waals surface area contributed by atoms with Crippen molar-refractivity contribution in [3.05, 3.63) is 42.4 Å². The van der Waals surface area contributed by atoms with E-state index in [9.17, 15) is 0 Å². The number of halogens is 1. The van der Waals surface area contributed by atoms with E-state index in [4.69, 9.17) is 15.9 Å². The van der Waals surface area contributed by atoms with Crippen molar-refractivity contribution in [3.8, 4) is 11.3 Å². The number of hydrogen-bond donors (Lipinski definition) is 2. The number of hydrogen-bond acceptors (Lipinski definition) is 3. The molecule has 0 saturated carbocycles. The highest BCUT2D eigenvalue weighted by Gasteiger charge is 2.04. The first-order chi connectivity index (χ1) is 7.75. The number of oxazole rings is 1. The van der Waals surface area contributed by atoms with Crippen molar-refractivity contribution in [1.82, 2.24) is 4.98 Å². The van der Waals surface area contributed by atoms with Crippen LogP contribution in [0, 0.1) is 0 Å². The Balaban J connectivity index is 0.00000144. The number of nitrogens with two attached hydrogens (primary N) is 2. The van der Waals surface area contributed by atoms with Crippen molar-refractivity contribution in [3.63, 3.8) is 0 Å². The summed E-state index contributed by atoms with van der Waals surface area (Å²) in [7, 11) is 0. The standard InChI is InChI=1S/C11H12N4O.HI/c12-11(13)15-7-10-14-6-9(16-10)8-4-2-1-3-5-8;/h1-6H,7H2,(H4,12,13,15);1H. The number of aromatic nitrogens is 1. The van der Waals surface area contributed by atoms with E-state index >= 15 is 0 Å². The Morgan fingerprint density at radius 1 is 1.24 bits per heavy atom. The second-order valence-electron chi connectivity index (χ2n) is 3.23. The Kier molecular flexibility index (Phi) is 4.95. The van der Waals surface area contributed by atoms with Crippen LogP contribution in [0.3, 0.4) is 0 Å². The number of benzene rings is 1. The van der Waals surface area contributed by atoms with Gasteiger partial charge >= 0.3 is 0 Å². The molecule has 0 radical (unpaired) electrons. The second-order valence-corrected chi connectivity index (χ2v) is 3.23. The summed E-state index contributed by atoms with van der Waals surface area (Å²) < 4.78 is 5.49. The van der Waals surface area contributed by atoms with Gasteiger partial charge in [-0.15, -0.1) is 24.0 Å². The molecule has 2 aromatic rings. The highest BCUT2D eigenvalue weighted by molar-refractivity contribution is 14.0. The molecule has 2 rings (SSSR count). The predicted molar refractivity (Wildman–Crippen MR) is 76.9 cm³/mol. The molecule has 17 heavy (non-hydrogen) atoms. The highest BCUT2D eigenvalue weighted by atomic mass is 127. The normalized spacial score (nSPS) is 9.41. The fraction of sp³-hybridized carbons (Fsp3) is 0.0909. The smallest absolute Gasteiger partial charge is 0.216 e. The molecule has 0 bridgehead atoms. The largest absolute Gasteiger partial charge is 0.439 e. The number of aliphatic imine (C=N–C) groups is 1. The van der Waals surface area contributed by atoms with Gasteiger partial charge in [0.1, 0.15) is 6.54 Å². The molecule has 0 aliphatic carbocycles. The van der Waals surface area contributed by atoms with Crippen molar-refractivity contribution in [2.45, 2.75) is 6.54 Å². The lowest BCUT2D eigenvalue weighted by molar-refractivity contribution is 0.510. The molecular formula is C11H13IN4O. The maximum Gasteiger partial charge on any atom is 0.216 e. The summed E-state index contributed by atoms with van der Waals surface area (Å²) >= 11 is 0. The molecule has 0 spiro atoms. The van der Waals surface area contributed by atoms with E-state index < -0.39 is 0 Å². The van der Waals surface area contributed by atoms with Crippen LogP contribution >= 0.6 is 24.0 Å². The van der Waals surface area contributed by atoms with Gasteiger partial charge in [-0.25, -0.2) is 9.98 Å². The Hall–Kier alpha value is -1.57. The van der Waals surface area contributed by atoms with Gasteiger partial charge in [0.2, 0.25) is 5.89 Å². The van der Waals surface area contributed by atoms with Crippen LogP contribution in [-0.2, 0) is 6.54 Å². The van der Waals surface area contributed by atoms with Crippen molar-refractivity contribution in [2.24, 2.45) is 16.5 Å². The minimum atomic E-state index is 0. The van der Waals surface area contributed by atoms with Gasteiger partial charge in [0.15, 0.2) is 11.7 Å². The predicted octanol–water partition coefficient (Wildman–Crippen LogP) is 1.73. The Bertz CT molecular complexity index is 491. The van der Waals surface area contributed by atoms with Crippen molar-refractivity contribution in [1.29, 1.82) is 0 Å². The monoisotopic (exact) mass is 344 g/mol. The van der Waals surface area contributed by atoms with Crippen LogP contribution in [0.25, 0.3) is 11.3 Å². The molecule has 1 aromatic carbocycles. The van der Waals surface area contributed by atoms with Gasteiger partial charge in [-0.05, 0) is 0 Å². The molecule has 90 valence electrons. The first-order valence-electron chi connectivity index (χ1n) is 4.81. The van der Waals surface area contributed by atoms with Gasteiger partial charge in [0, 0.05) is 5.56 Å². The summed E-state index contributed by atoms with van der Waals surface area (Å²) in [5, 5.41) is 0. The minimum Gasteiger partial charge on any atom is -0.439 e. The van der Waals surface area contributed by atoms with E-state index in [1.807, 2.05) is 30.3 Å². The number of rotatable bonds is 3. The summed E-state index contributed by atoms with van der Waals surface area (Å²) in [6.07, 6.45) is 1.66. The maximum atomic E-state index is 5.49. The average molecular weight is 344 g/mol. The van der Waals surface area contributed by atoms with E-state index in [1.165, 1.54) is 0 Å². The zero-order chi connectivity index (χ0) is 11.4. The van der Waals surface area contributed by atoms with Gasteiger partial charge in [-0.3, -0.25) is 0 Å². The third kappa shape index (κ3) is 3.74. The summed E-state index contributed by atoms with van der Waals surface area (Å²) in [5.41, 5.74) is 11.4. The van der Waals surface area contributed by atoms with Crippen LogP contribution in [0.2, 0.25) is 0 Å². The Labute approximate surface area is 116 Å². The molecule has 4 N–H and O–H groups in total. The lowest BCUT2D eigenvalue weighted by Crippen LogP contribution is -2.22. The molecule has 0 amide bonds. The quantitative estimate of drug-likeness (QED) is 0.504. The second kappa shape index (κ2) is 6.24. The van der Waals surface area contributed by atoms with E-state index in [0.29, 0.717) is 11.7 Å². The summed E-state index contributed by atoms with van der Waals surface area (Å²) in [6, 6.07) is 9.72. The lowest BCUT2D eigenvalue weighted by Gasteiger charge is -1.94. The lowest BCUT2D eigenvalue weighted by atomic mass is 10.2. The van der Waals surface area contributed by atoms with E-state index in [1.54, 1.807) is 6.20 Å². The van der Waals surface area contributed by atoms with Gasteiger partial charge in [-0.2, -0.15) is 0 Å². The summed E-state index contributed by atoms with van der Waals surface area (Å²) in [5.74, 6) is 1.23. The molecule has 5 nitrogen and oxygen atoms in total. The highest BCUT2D eigenvalue weighted by Crippen LogP contribution is 2.19. The third-order valence-electron chi connectivity index (χ3n) is 2.01. The Morgan fingerprint density at radius 3 is 2.59 bits per heavy atom. The van der Waals surface area contributed by atoms with Crippen molar-refractivity contribution < 1.29 is 4.42 Å². The molecule has 0 fully saturated rings. The van der Waals surface area contributed by atoms with Gasteiger partial charge in [0.05, 0.1) is 6.20 Å². The molecule has 1 heterocycles. The molecule has 0 saturated heterocycles. The first-order valence-corrected chi connectivity index (χ1v) is 4.81. The fourth-order valence-corrected chi connectivity index (χ4v) is 1.28. The molecule has 0 aliphatic heterocycles. The zero-order valence-corrected chi connectivity index (χ0v) is 11.4. The zero-order valence-electron chi connectivity index (χ0n) is 9.04. The fourth-order valence-electron chi connectivity index (χ4n) is 1.28. The third-order valence-corrected chi connectivity index (χ3v) is 2.01. The van der Waals surface area contributed by atoms with Crippen LogP contribution < -0.4 is 11.5 Å². The summed E-state index contributed by atoms with van der Waals surface area (Å²) in [6.45, 7) is 0.259. The van der Waals surface area contributed by atoms with Crippen LogP contribution in [0.15, 0.2) is 45.9 Å². The molecule has 0 aliphatic rings. The van der Waals surface area contributed by atoms with Crippen LogP contribution in [0.1, 0.15) is 5.89 Å². The van der Waals surface area contributed by atoms with Crippen molar-refractivity contribution >= 4 is 29.9 Å². The van der Waals surface area contributed by atoms with Crippen LogP contribution in [0.5, 0.6) is 0 Å². The van der Waals surface area contributed by atoms with E-state index in [0.717, 1.165) is 5.56 Å². The molecule has 0 atom stereocenters. The number of guanidine groups is 1. The molecular weight excluding hydrogens is 331 g/mol. The van der Waals surface area contributed by atoms with Crippen molar-refractivity contribution in [2.75, 3.05) is 0 Å². The Morgan fingerprint density at radius 2 is 1.94 bits per heavy atom. The van der Waals surface area contributed by atoms with E-state index in [-0.39, 0.29) is 36.5 Å². The van der Waals surface area contributed by atoms with Crippen LogP contribution in [0.4, 0.5) is 0 Å². The topological polar surface area (TPSA) is 90.4 Å². The molecule has 6 heteroatoms. The average Bonchev–Trinajstić information content (AvgIpc) is 2.76. The van der Waals surface area contributed by atoms with Gasteiger partial charge in [0.25, 0.3) is 0 Å². The molecule has 0 unspecified atom stereocenters. The van der Waals surface area contributed by atoms with Gasteiger partial charge < -0.3 is 15.9 Å².